The second-order valence-electron chi connectivity index (χ2n) is 1.48. The molecule has 0 saturated carbocycles. The summed E-state index contributed by atoms with van der Waals surface area (Å²) in [6, 6.07) is 4.81. The summed E-state index contributed by atoms with van der Waals surface area (Å²) < 4.78 is 0. The molecule has 0 saturated heterocycles. The highest BCUT2D eigenvalue weighted by Gasteiger charge is 1.78. The maximum absolute atomic E-state index is 5.07. The molecule has 0 aromatic rings. The summed E-state index contributed by atoms with van der Waals surface area (Å²) in [5.41, 5.74) is 19.7. The van der Waals surface area contributed by atoms with Crippen molar-refractivity contribution in [3.63, 3.8) is 0 Å². The molecule has 0 aliphatic heterocycles. The van der Waals surface area contributed by atoms with E-state index in [1.54, 1.807) is 0 Å². The summed E-state index contributed by atoms with van der Waals surface area (Å²) in [5, 5.41) is 0.207. The van der Waals surface area contributed by atoms with Crippen LogP contribution in [0.1, 0.15) is 0 Å². The summed E-state index contributed by atoms with van der Waals surface area (Å²) in [6.45, 7) is 0. The summed E-state index contributed by atoms with van der Waals surface area (Å²) in [4.78, 5) is 0. The normalized spacial score (nSPS) is 7.00. The molecule has 0 spiro atoms. The van der Waals surface area contributed by atoms with Crippen LogP contribution in [0.4, 0.5) is 0 Å². The van der Waals surface area contributed by atoms with Crippen molar-refractivity contribution >= 4 is 34.7 Å². The third kappa shape index (κ3) is 8.54. The van der Waals surface area contributed by atoms with Crippen LogP contribution in [-0.2, 0) is 0 Å². The number of nitrogens with one attached hydrogen (secondary N) is 4. The molecule has 0 heterocycles. The van der Waals surface area contributed by atoms with E-state index in [2.05, 4.69) is 58.2 Å². The molecule has 12 heavy (non-hydrogen) atoms. The summed E-state index contributed by atoms with van der Waals surface area (Å²) in [5.74, 6) is 0. The maximum Gasteiger partial charge on any atom is 0.183 e. The van der Waals surface area contributed by atoms with Crippen molar-refractivity contribution in [2.75, 3.05) is 0 Å². The molecule has 0 amide bonds. The van der Waals surface area contributed by atoms with E-state index in [-0.39, 0.29) is 10.2 Å². The molecule has 8 heteroatoms. The van der Waals surface area contributed by atoms with Crippen molar-refractivity contribution in [2.24, 2.45) is 11.5 Å². The molecule has 8 N–H and O–H groups in total. The van der Waals surface area contributed by atoms with E-state index in [0.29, 0.717) is 0 Å². The van der Waals surface area contributed by atoms with Gasteiger partial charge in [0, 0.05) is 0 Å². The van der Waals surface area contributed by atoms with E-state index in [1.807, 2.05) is 0 Å². The predicted octanol–water partition coefficient (Wildman–Crippen LogP) is -2.42. The Bertz CT molecular complexity index is 205. The summed E-state index contributed by atoms with van der Waals surface area (Å²) >= 11 is 8.95. The number of thiocarbonyl (C=S) groups is 2. The Labute approximate surface area is 80.4 Å². The minimum atomic E-state index is 0.103. The topological polar surface area (TPSA) is 100 Å². The van der Waals surface area contributed by atoms with Gasteiger partial charge in [-0.2, -0.15) is 0 Å². The molecule has 66 valence electrons. The summed E-state index contributed by atoms with van der Waals surface area (Å²) in [7, 11) is 0. The average Bonchev–Trinajstić information content (AvgIpc) is 1.95. The minimum absolute atomic E-state index is 0.103. The molecular weight excluding hydrogens is 196 g/mol. The monoisotopic (exact) mass is 204 g/mol. The highest BCUT2D eigenvalue weighted by Crippen LogP contribution is 1.50. The number of hydrogen-bond acceptors (Lipinski definition) is 4. The molecule has 0 radical (unpaired) electrons. The standard InChI is InChI=1S/C4H8N6S2/c5-3(11)9-7-1-2-8-10-4(6)12/h7-8H,(H3,5,9,11)(H3,6,10,12). The Hall–Kier alpha value is -1.46. The number of rotatable bonds is 2. The quantitative estimate of drug-likeness (QED) is 0.128. The molecule has 0 rings (SSSR count). The fourth-order valence-electron chi connectivity index (χ4n) is 0.248. The van der Waals surface area contributed by atoms with Gasteiger partial charge < -0.3 is 11.5 Å². The van der Waals surface area contributed by atoms with Crippen molar-refractivity contribution in [3.8, 4) is 12.1 Å². The zero-order chi connectivity index (χ0) is 9.40. The van der Waals surface area contributed by atoms with Crippen molar-refractivity contribution in [1.82, 2.24) is 21.7 Å². The van der Waals surface area contributed by atoms with Gasteiger partial charge in [0.15, 0.2) is 10.2 Å². The van der Waals surface area contributed by atoms with E-state index in [9.17, 15) is 0 Å². The Morgan fingerprint density at radius 3 is 1.50 bits per heavy atom. The number of nitrogens with two attached hydrogens (primary N) is 2. The van der Waals surface area contributed by atoms with Crippen molar-refractivity contribution < 1.29 is 0 Å². The third-order valence-corrected chi connectivity index (χ3v) is 0.763. The molecule has 0 atom stereocenters. The van der Waals surface area contributed by atoms with Crippen molar-refractivity contribution in [3.05, 3.63) is 0 Å². The lowest BCUT2D eigenvalue weighted by Crippen LogP contribution is -2.40. The van der Waals surface area contributed by atoms with E-state index in [4.69, 9.17) is 11.5 Å². The second-order valence-corrected chi connectivity index (χ2v) is 2.36. The lowest BCUT2D eigenvalue weighted by Gasteiger charge is -1.99. The van der Waals surface area contributed by atoms with Crippen LogP contribution in [0.2, 0.25) is 0 Å². The smallest absolute Gasteiger partial charge is 0.183 e. The lowest BCUT2D eigenvalue weighted by molar-refractivity contribution is 0.825. The number of hydrogen-bond donors (Lipinski definition) is 6. The molecule has 0 unspecified atom stereocenters. The minimum Gasteiger partial charge on any atom is -0.375 e. The van der Waals surface area contributed by atoms with Gasteiger partial charge in [0.25, 0.3) is 0 Å². The average molecular weight is 204 g/mol. The first-order chi connectivity index (χ1) is 5.63. The Morgan fingerprint density at radius 1 is 0.917 bits per heavy atom. The molecule has 0 fully saturated rings. The fourth-order valence-corrected chi connectivity index (χ4v) is 0.350. The molecule has 0 aromatic carbocycles. The van der Waals surface area contributed by atoms with Crippen molar-refractivity contribution in [1.29, 1.82) is 0 Å². The molecular formula is C4H8N6S2. The fraction of sp³-hybridized carbons (Fsp3) is 0. The van der Waals surface area contributed by atoms with Gasteiger partial charge in [-0.1, -0.05) is 0 Å². The second kappa shape index (κ2) is 6.26. The SMILES string of the molecule is NC(=S)NNC#CNNC(N)=S. The maximum atomic E-state index is 5.07. The first-order valence-electron chi connectivity index (χ1n) is 2.74. The largest absolute Gasteiger partial charge is 0.375 e. The lowest BCUT2D eigenvalue weighted by atomic mass is 11.0. The molecule has 0 bridgehead atoms. The van der Waals surface area contributed by atoms with Crippen molar-refractivity contribution in [2.45, 2.75) is 0 Å². The highest BCUT2D eigenvalue weighted by molar-refractivity contribution is 7.80. The Balaban J connectivity index is 3.35. The van der Waals surface area contributed by atoms with Gasteiger partial charge in [-0.3, -0.25) is 21.7 Å². The van der Waals surface area contributed by atoms with Crippen LogP contribution in [0.15, 0.2) is 0 Å². The van der Waals surface area contributed by atoms with Gasteiger partial charge in [-0.15, -0.1) is 0 Å². The Morgan fingerprint density at radius 2 is 1.25 bits per heavy atom. The molecule has 0 aliphatic carbocycles. The third-order valence-electron chi connectivity index (χ3n) is 0.559. The van der Waals surface area contributed by atoms with E-state index < -0.39 is 0 Å². The highest BCUT2D eigenvalue weighted by atomic mass is 32.1. The number of hydrazine groups is 2. The Kier molecular flexibility index (Phi) is 5.50. The van der Waals surface area contributed by atoms with E-state index in [0.717, 1.165) is 0 Å². The van der Waals surface area contributed by atoms with Gasteiger partial charge in [0.05, 0.1) is 12.1 Å². The first kappa shape index (κ1) is 10.5. The zero-order valence-corrected chi connectivity index (χ0v) is 7.60. The van der Waals surface area contributed by atoms with Gasteiger partial charge >= 0.3 is 0 Å². The predicted molar refractivity (Wildman–Crippen MR) is 53.9 cm³/mol. The van der Waals surface area contributed by atoms with Gasteiger partial charge in [0.1, 0.15) is 0 Å². The van der Waals surface area contributed by atoms with Crippen LogP contribution >= 0.6 is 24.4 Å². The first-order valence-corrected chi connectivity index (χ1v) is 3.55. The molecule has 0 aromatic heterocycles. The van der Waals surface area contributed by atoms with Crippen LogP contribution < -0.4 is 33.2 Å². The molecule has 6 nitrogen and oxygen atoms in total. The van der Waals surface area contributed by atoms with Crippen LogP contribution in [0.5, 0.6) is 0 Å². The van der Waals surface area contributed by atoms with E-state index in [1.165, 1.54) is 0 Å². The van der Waals surface area contributed by atoms with Crippen LogP contribution in [0.25, 0.3) is 0 Å². The van der Waals surface area contributed by atoms with Gasteiger partial charge in [-0.25, -0.2) is 0 Å². The molecule has 0 aliphatic rings. The van der Waals surface area contributed by atoms with Gasteiger partial charge in [0.2, 0.25) is 0 Å². The summed E-state index contributed by atoms with van der Waals surface area (Å²) in [6.07, 6.45) is 0. The zero-order valence-electron chi connectivity index (χ0n) is 5.97. The van der Waals surface area contributed by atoms with Crippen LogP contribution in [0, 0.1) is 12.1 Å². The van der Waals surface area contributed by atoms with Gasteiger partial charge in [-0.05, 0) is 24.4 Å². The van der Waals surface area contributed by atoms with Crippen LogP contribution in [-0.4, -0.2) is 10.2 Å². The van der Waals surface area contributed by atoms with E-state index >= 15 is 0 Å². The van der Waals surface area contributed by atoms with Crippen LogP contribution in [0.3, 0.4) is 0 Å².